The van der Waals surface area contributed by atoms with Crippen LogP contribution in [-0.2, 0) is 9.53 Å². The van der Waals surface area contributed by atoms with Crippen LogP contribution in [0.5, 0.6) is 0 Å². The Hall–Kier alpha value is -0.320. The van der Waals surface area contributed by atoms with Gasteiger partial charge in [-0.25, -0.2) is 0 Å². The average molecular weight is 261 g/mol. The highest BCUT2D eigenvalue weighted by atomic mass is 35.5. The SMILES string of the molecule is Cl.NC1CCC2CN(C(=O)C3CCCO3)CC12. The van der Waals surface area contributed by atoms with Crippen molar-refractivity contribution in [2.75, 3.05) is 19.7 Å². The molecule has 2 saturated heterocycles. The number of amides is 1. The fourth-order valence-corrected chi connectivity index (χ4v) is 3.46. The van der Waals surface area contributed by atoms with Crippen LogP contribution in [0.15, 0.2) is 0 Å². The number of nitrogens with zero attached hydrogens (tertiary/aromatic N) is 1. The van der Waals surface area contributed by atoms with Crippen LogP contribution >= 0.6 is 12.4 Å². The Morgan fingerprint density at radius 3 is 2.71 bits per heavy atom. The van der Waals surface area contributed by atoms with Crippen LogP contribution in [0.2, 0.25) is 0 Å². The van der Waals surface area contributed by atoms with E-state index in [0.717, 1.165) is 39.0 Å². The molecular formula is C12H21ClN2O2. The van der Waals surface area contributed by atoms with E-state index in [-0.39, 0.29) is 24.4 Å². The van der Waals surface area contributed by atoms with Crippen molar-refractivity contribution in [1.29, 1.82) is 0 Å². The quantitative estimate of drug-likeness (QED) is 0.758. The molecule has 1 aliphatic carbocycles. The second kappa shape index (κ2) is 5.12. The molecule has 3 fully saturated rings. The minimum atomic E-state index is -0.157. The number of carbonyl (C=O) groups excluding carboxylic acids is 1. The highest BCUT2D eigenvalue weighted by Gasteiger charge is 2.44. The zero-order valence-electron chi connectivity index (χ0n) is 10.0. The summed E-state index contributed by atoms with van der Waals surface area (Å²) in [4.78, 5) is 14.1. The number of nitrogens with two attached hydrogens (primary N) is 1. The van der Waals surface area contributed by atoms with Crippen molar-refractivity contribution in [1.82, 2.24) is 4.90 Å². The third-order valence-electron chi connectivity index (χ3n) is 4.43. The monoisotopic (exact) mass is 260 g/mol. The Kier molecular flexibility index (Phi) is 3.95. The molecule has 17 heavy (non-hydrogen) atoms. The van der Waals surface area contributed by atoms with Crippen molar-refractivity contribution in [2.45, 2.75) is 37.8 Å². The van der Waals surface area contributed by atoms with Crippen LogP contribution in [0.3, 0.4) is 0 Å². The molecule has 0 bridgehead atoms. The Morgan fingerprint density at radius 1 is 1.24 bits per heavy atom. The summed E-state index contributed by atoms with van der Waals surface area (Å²) in [5, 5.41) is 0. The van der Waals surface area contributed by atoms with E-state index in [1.807, 2.05) is 4.90 Å². The Morgan fingerprint density at radius 2 is 2.06 bits per heavy atom. The van der Waals surface area contributed by atoms with E-state index >= 15 is 0 Å². The summed E-state index contributed by atoms with van der Waals surface area (Å²) in [6.07, 6.45) is 4.10. The molecule has 2 aliphatic heterocycles. The molecule has 2 heterocycles. The van der Waals surface area contributed by atoms with E-state index in [9.17, 15) is 4.79 Å². The summed E-state index contributed by atoms with van der Waals surface area (Å²) in [5.74, 6) is 1.41. The van der Waals surface area contributed by atoms with E-state index in [0.29, 0.717) is 17.9 Å². The summed E-state index contributed by atoms with van der Waals surface area (Å²) >= 11 is 0. The van der Waals surface area contributed by atoms with Gasteiger partial charge in [-0.1, -0.05) is 0 Å². The predicted octanol–water partition coefficient (Wildman–Crippen LogP) is 0.783. The predicted molar refractivity (Wildman–Crippen MR) is 67.0 cm³/mol. The van der Waals surface area contributed by atoms with E-state index in [4.69, 9.17) is 10.5 Å². The van der Waals surface area contributed by atoms with Gasteiger partial charge in [-0.15, -0.1) is 12.4 Å². The van der Waals surface area contributed by atoms with Crippen molar-refractivity contribution in [2.24, 2.45) is 17.6 Å². The van der Waals surface area contributed by atoms with Crippen molar-refractivity contribution in [3.05, 3.63) is 0 Å². The van der Waals surface area contributed by atoms with Gasteiger partial charge in [0, 0.05) is 25.7 Å². The van der Waals surface area contributed by atoms with Crippen LogP contribution in [0, 0.1) is 11.8 Å². The zero-order valence-corrected chi connectivity index (χ0v) is 10.8. The zero-order chi connectivity index (χ0) is 11.1. The van der Waals surface area contributed by atoms with Gasteiger partial charge in [0.25, 0.3) is 5.91 Å². The van der Waals surface area contributed by atoms with Crippen LogP contribution in [-0.4, -0.2) is 42.6 Å². The summed E-state index contributed by atoms with van der Waals surface area (Å²) in [7, 11) is 0. The molecule has 4 unspecified atom stereocenters. The maximum Gasteiger partial charge on any atom is 0.251 e. The molecule has 3 rings (SSSR count). The number of fused-ring (bicyclic) bond motifs is 1. The Bertz CT molecular complexity index is 294. The summed E-state index contributed by atoms with van der Waals surface area (Å²) in [5.41, 5.74) is 6.07. The van der Waals surface area contributed by atoms with E-state index in [1.54, 1.807) is 0 Å². The Balaban J connectivity index is 0.00000108. The van der Waals surface area contributed by atoms with Crippen LogP contribution < -0.4 is 5.73 Å². The molecule has 0 radical (unpaired) electrons. The van der Waals surface area contributed by atoms with Gasteiger partial charge in [-0.3, -0.25) is 4.79 Å². The van der Waals surface area contributed by atoms with Gasteiger partial charge in [-0.2, -0.15) is 0 Å². The molecule has 3 aliphatic rings. The molecule has 98 valence electrons. The molecule has 1 saturated carbocycles. The number of ether oxygens (including phenoxy) is 1. The largest absolute Gasteiger partial charge is 0.368 e. The molecule has 1 amide bonds. The first kappa shape index (κ1) is 13.1. The van der Waals surface area contributed by atoms with Gasteiger partial charge in [0.2, 0.25) is 0 Å². The number of hydrogen-bond acceptors (Lipinski definition) is 3. The maximum atomic E-state index is 12.1. The molecule has 2 N–H and O–H groups in total. The van der Waals surface area contributed by atoms with Crippen LogP contribution in [0.25, 0.3) is 0 Å². The molecule has 4 nitrogen and oxygen atoms in total. The number of carbonyl (C=O) groups is 1. The lowest BCUT2D eigenvalue weighted by atomic mass is 9.98. The summed E-state index contributed by atoms with van der Waals surface area (Å²) in [6.45, 7) is 2.53. The van der Waals surface area contributed by atoms with Crippen molar-refractivity contribution in [3.8, 4) is 0 Å². The van der Waals surface area contributed by atoms with Gasteiger partial charge >= 0.3 is 0 Å². The van der Waals surface area contributed by atoms with Gasteiger partial charge in [0.05, 0.1) is 0 Å². The Labute approximate surface area is 108 Å². The summed E-state index contributed by atoms with van der Waals surface area (Å²) < 4.78 is 5.45. The number of likely N-dealkylation sites (tertiary alicyclic amines) is 1. The number of halogens is 1. The maximum absolute atomic E-state index is 12.1. The van der Waals surface area contributed by atoms with Gasteiger partial charge in [0.1, 0.15) is 6.10 Å². The van der Waals surface area contributed by atoms with Gasteiger partial charge in [0.15, 0.2) is 0 Å². The van der Waals surface area contributed by atoms with Crippen molar-refractivity contribution in [3.63, 3.8) is 0 Å². The first-order valence-electron chi connectivity index (χ1n) is 6.41. The first-order valence-corrected chi connectivity index (χ1v) is 6.41. The van der Waals surface area contributed by atoms with Gasteiger partial charge < -0.3 is 15.4 Å². The standard InChI is InChI=1S/C12H20N2O2.ClH/c13-10-4-3-8-6-14(7-9(8)10)12(15)11-2-1-5-16-11;/h8-11H,1-7,13H2;1H. The third kappa shape index (κ3) is 2.30. The normalized spacial score (nSPS) is 40.2. The van der Waals surface area contributed by atoms with Crippen LogP contribution in [0.1, 0.15) is 25.7 Å². The first-order chi connectivity index (χ1) is 7.75. The number of hydrogen-bond donors (Lipinski definition) is 1. The molecule has 0 spiro atoms. The summed E-state index contributed by atoms with van der Waals surface area (Å²) in [6, 6.07) is 0.312. The third-order valence-corrected chi connectivity index (χ3v) is 4.43. The van der Waals surface area contributed by atoms with Crippen molar-refractivity contribution >= 4 is 18.3 Å². The number of rotatable bonds is 1. The lowest BCUT2D eigenvalue weighted by molar-refractivity contribution is -0.140. The van der Waals surface area contributed by atoms with E-state index in [1.165, 1.54) is 6.42 Å². The van der Waals surface area contributed by atoms with Gasteiger partial charge in [-0.05, 0) is 37.5 Å². The minimum Gasteiger partial charge on any atom is -0.368 e. The van der Waals surface area contributed by atoms with Crippen LogP contribution in [0.4, 0.5) is 0 Å². The lowest BCUT2D eigenvalue weighted by Crippen LogP contribution is -2.39. The smallest absolute Gasteiger partial charge is 0.251 e. The minimum absolute atomic E-state index is 0. The average Bonchev–Trinajstić information content (AvgIpc) is 2.96. The molecular weight excluding hydrogens is 240 g/mol. The van der Waals surface area contributed by atoms with E-state index < -0.39 is 0 Å². The lowest BCUT2D eigenvalue weighted by Gasteiger charge is -2.21. The van der Waals surface area contributed by atoms with E-state index in [2.05, 4.69) is 0 Å². The second-order valence-electron chi connectivity index (χ2n) is 5.41. The fourth-order valence-electron chi connectivity index (χ4n) is 3.46. The molecule has 4 atom stereocenters. The molecule has 0 aromatic heterocycles. The molecule has 5 heteroatoms. The van der Waals surface area contributed by atoms with Crippen molar-refractivity contribution < 1.29 is 9.53 Å². The second-order valence-corrected chi connectivity index (χ2v) is 5.41. The molecule has 0 aromatic carbocycles. The topological polar surface area (TPSA) is 55.6 Å². The highest BCUT2D eigenvalue weighted by molar-refractivity contribution is 5.85. The molecule has 0 aromatic rings. The highest BCUT2D eigenvalue weighted by Crippen LogP contribution is 2.37. The fraction of sp³-hybridized carbons (Fsp3) is 0.917.